The Kier molecular flexibility index (Phi) is 5.59. The van der Waals surface area contributed by atoms with Crippen molar-refractivity contribution in [2.45, 2.75) is 40.0 Å². The van der Waals surface area contributed by atoms with Gasteiger partial charge in [0.25, 0.3) is 0 Å². The summed E-state index contributed by atoms with van der Waals surface area (Å²) in [6, 6.07) is 5.80. The van der Waals surface area contributed by atoms with Crippen molar-refractivity contribution in [3.63, 3.8) is 0 Å². The SMILES string of the molecule is CC(C)(C)CC(=O)NCC1CCN(c2ncccc2C#N)CC1. The highest BCUT2D eigenvalue weighted by Crippen LogP contribution is 2.24. The molecule has 1 aliphatic rings. The Morgan fingerprint density at radius 3 is 2.74 bits per heavy atom. The van der Waals surface area contributed by atoms with Gasteiger partial charge in [-0.05, 0) is 36.3 Å². The van der Waals surface area contributed by atoms with Crippen LogP contribution in [0.5, 0.6) is 0 Å². The first kappa shape index (κ1) is 17.3. The summed E-state index contributed by atoms with van der Waals surface area (Å²) in [5, 5.41) is 12.2. The lowest BCUT2D eigenvalue weighted by atomic mass is 9.91. The maximum atomic E-state index is 11.9. The van der Waals surface area contributed by atoms with Gasteiger partial charge in [0.15, 0.2) is 0 Å². The minimum atomic E-state index is 0.0279. The topological polar surface area (TPSA) is 69.0 Å². The molecule has 2 rings (SSSR count). The number of anilines is 1. The van der Waals surface area contributed by atoms with Gasteiger partial charge in [0.2, 0.25) is 5.91 Å². The second-order valence-electron chi connectivity index (χ2n) is 7.46. The fourth-order valence-corrected chi connectivity index (χ4v) is 2.89. The first-order valence-corrected chi connectivity index (χ1v) is 8.26. The molecule has 1 amide bonds. The standard InChI is InChI=1S/C18H26N4O/c1-18(2,3)11-16(23)21-13-14-6-9-22(10-7-14)17-15(12-19)5-4-8-20-17/h4-5,8,14H,6-7,9-11,13H2,1-3H3,(H,21,23). The van der Waals surface area contributed by atoms with E-state index in [0.29, 0.717) is 17.9 Å². The monoisotopic (exact) mass is 314 g/mol. The molecule has 0 unspecified atom stereocenters. The van der Waals surface area contributed by atoms with E-state index < -0.39 is 0 Å². The molecule has 0 aromatic carbocycles. The van der Waals surface area contributed by atoms with Crippen molar-refractivity contribution in [3.05, 3.63) is 23.9 Å². The van der Waals surface area contributed by atoms with Crippen LogP contribution in [0.15, 0.2) is 18.3 Å². The van der Waals surface area contributed by atoms with Crippen LogP contribution in [-0.2, 0) is 4.79 Å². The molecule has 0 saturated carbocycles. The highest BCUT2D eigenvalue weighted by Gasteiger charge is 2.23. The molecule has 1 aliphatic heterocycles. The summed E-state index contributed by atoms with van der Waals surface area (Å²) in [5.74, 6) is 1.42. The molecule has 0 spiro atoms. The minimum Gasteiger partial charge on any atom is -0.356 e. The number of piperidine rings is 1. The van der Waals surface area contributed by atoms with Crippen LogP contribution < -0.4 is 10.2 Å². The minimum absolute atomic E-state index is 0.0279. The van der Waals surface area contributed by atoms with Crippen LogP contribution in [0.3, 0.4) is 0 Å². The number of carbonyl (C=O) groups excluding carboxylic acids is 1. The van der Waals surface area contributed by atoms with Crippen molar-refractivity contribution in [2.24, 2.45) is 11.3 Å². The number of amides is 1. The van der Waals surface area contributed by atoms with E-state index in [1.54, 1.807) is 18.3 Å². The molecule has 5 nitrogen and oxygen atoms in total. The second kappa shape index (κ2) is 7.45. The fraction of sp³-hybridized carbons (Fsp3) is 0.611. The molecule has 1 saturated heterocycles. The van der Waals surface area contributed by atoms with Crippen LogP contribution in [0.4, 0.5) is 5.82 Å². The normalized spacial score (nSPS) is 16.0. The highest BCUT2D eigenvalue weighted by molar-refractivity contribution is 5.76. The van der Waals surface area contributed by atoms with E-state index in [4.69, 9.17) is 0 Å². The second-order valence-corrected chi connectivity index (χ2v) is 7.46. The average Bonchev–Trinajstić information content (AvgIpc) is 2.52. The molecule has 5 heteroatoms. The van der Waals surface area contributed by atoms with Crippen LogP contribution >= 0.6 is 0 Å². The van der Waals surface area contributed by atoms with Crippen molar-refractivity contribution in [2.75, 3.05) is 24.5 Å². The molecule has 2 heterocycles. The van der Waals surface area contributed by atoms with Crippen molar-refractivity contribution in [1.29, 1.82) is 5.26 Å². The zero-order valence-corrected chi connectivity index (χ0v) is 14.3. The summed E-state index contributed by atoms with van der Waals surface area (Å²) < 4.78 is 0. The van der Waals surface area contributed by atoms with Gasteiger partial charge in [0.05, 0.1) is 5.56 Å². The van der Waals surface area contributed by atoms with Crippen molar-refractivity contribution >= 4 is 11.7 Å². The number of pyridine rings is 1. The third kappa shape index (κ3) is 5.24. The zero-order valence-electron chi connectivity index (χ0n) is 14.3. The molecule has 1 N–H and O–H groups in total. The van der Waals surface area contributed by atoms with Crippen molar-refractivity contribution < 1.29 is 4.79 Å². The fourth-order valence-electron chi connectivity index (χ4n) is 2.89. The molecule has 1 aromatic rings. The third-order valence-corrected chi connectivity index (χ3v) is 4.10. The first-order valence-electron chi connectivity index (χ1n) is 8.26. The lowest BCUT2D eigenvalue weighted by Crippen LogP contribution is -2.39. The lowest BCUT2D eigenvalue weighted by molar-refractivity contribution is -0.123. The predicted octanol–water partition coefficient (Wildman–Crippen LogP) is 2.72. The number of nitrogens with zero attached hydrogens (tertiary/aromatic N) is 3. The maximum Gasteiger partial charge on any atom is 0.220 e. The lowest BCUT2D eigenvalue weighted by Gasteiger charge is -2.33. The number of rotatable bonds is 4. The van der Waals surface area contributed by atoms with Crippen molar-refractivity contribution in [3.8, 4) is 6.07 Å². The van der Waals surface area contributed by atoms with Gasteiger partial charge in [-0.3, -0.25) is 4.79 Å². The molecule has 1 fully saturated rings. The zero-order chi connectivity index (χ0) is 16.9. The van der Waals surface area contributed by atoms with E-state index in [-0.39, 0.29) is 11.3 Å². The number of aromatic nitrogens is 1. The number of hydrogen-bond acceptors (Lipinski definition) is 4. The summed E-state index contributed by atoms with van der Waals surface area (Å²) >= 11 is 0. The summed E-state index contributed by atoms with van der Waals surface area (Å²) in [4.78, 5) is 18.4. The number of hydrogen-bond donors (Lipinski definition) is 1. The van der Waals surface area contributed by atoms with Gasteiger partial charge in [-0.25, -0.2) is 4.98 Å². The molecule has 23 heavy (non-hydrogen) atoms. The molecule has 0 radical (unpaired) electrons. The number of nitriles is 1. The first-order chi connectivity index (χ1) is 10.9. The number of nitrogens with one attached hydrogen (secondary N) is 1. The van der Waals surface area contributed by atoms with E-state index >= 15 is 0 Å². The van der Waals surface area contributed by atoms with Crippen LogP contribution in [0.1, 0.15) is 45.6 Å². The molecule has 124 valence electrons. The summed E-state index contributed by atoms with van der Waals surface area (Å²) in [5.41, 5.74) is 0.657. The van der Waals surface area contributed by atoms with Gasteiger partial charge in [-0.1, -0.05) is 20.8 Å². The number of carbonyl (C=O) groups is 1. The van der Waals surface area contributed by atoms with Gasteiger partial charge in [-0.2, -0.15) is 5.26 Å². The van der Waals surface area contributed by atoms with Gasteiger partial charge >= 0.3 is 0 Å². The largest absolute Gasteiger partial charge is 0.356 e. The summed E-state index contributed by atoms with van der Waals surface area (Å²) in [6.07, 6.45) is 4.31. The molecular formula is C18H26N4O. The Labute approximate surface area is 138 Å². The molecule has 0 atom stereocenters. The Balaban J connectivity index is 1.80. The molecule has 1 aromatic heterocycles. The van der Waals surface area contributed by atoms with Gasteiger partial charge < -0.3 is 10.2 Å². The van der Waals surface area contributed by atoms with Crippen LogP contribution in [0.25, 0.3) is 0 Å². The Morgan fingerprint density at radius 2 is 2.13 bits per heavy atom. The van der Waals surface area contributed by atoms with Crippen molar-refractivity contribution in [1.82, 2.24) is 10.3 Å². The molecule has 0 bridgehead atoms. The summed E-state index contributed by atoms with van der Waals surface area (Å²) in [7, 11) is 0. The van der Waals surface area contributed by atoms with E-state index in [1.165, 1.54) is 0 Å². The molecular weight excluding hydrogens is 288 g/mol. The van der Waals surface area contributed by atoms with E-state index in [2.05, 4.69) is 42.0 Å². The highest BCUT2D eigenvalue weighted by atomic mass is 16.1. The van der Waals surface area contributed by atoms with Gasteiger partial charge in [0.1, 0.15) is 11.9 Å². The Bertz CT molecular complexity index is 577. The predicted molar refractivity (Wildman–Crippen MR) is 91.0 cm³/mol. The van der Waals surface area contributed by atoms with Gasteiger partial charge in [-0.15, -0.1) is 0 Å². The van der Waals surface area contributed by atoms with Gasteiger partial charge in [0, 0.05) is 32.3 Å². The third-order valence-electron chi connectivity index (χ3n) is 4.10. The average molecular weight is 314 g/mol. The van der Waals surface area contributed by atoms with Crippen LogP contribution in [0, 0.1) is 22.7 Å². The van der Waals surface area contributed by atoms with Crippen LogP contribution in [-0.4, -0.2) is 30.5 Å². The summed E-state index contributed by atoms with van der Waals surface area (Å²) in [6.45, 7) is 8.73. The maximum absolute atomic E-state index is 11.9. The van der Waals surface area contributed by atoms with Crippen LogP contribution in [0.2, 0.25) is 0 Å². The smallest absolute Gasteiger partial charge is 0.220 e. The molecule has 0 aliphatic carbocycles. The van der Waals surface area contributed by atoms with E-state index in [1.807, 2.05) is 0 Å². The quantitative estimate of drug-likeness (QED) is 0.928. The van der Waals surface area contributed by atoms with E-state index in [9.17, 15) is 10.1 Å². The Morgan fingerprint density at radius 1 is 1.43 bits per heavy atom. The van der Waals surface area contributed by atoms with E-state index in [0.717, 1.165) is 38.3 Å². The Hall–Kier alpha value is -2.09.